The van der Waals surface area contributed by atoms with Crippen molar-refractivity contribution in [1.29, 1.82) is 0 Å². The molecule has 0 saturated carbocycles. The summed E-state index contributed by atoms with van der Waals surface area (Å²) in [7, 11) is 0. The standard InChI is InChI=1S/C12H13N3O2/c1-7-4-5-10(8(2)6-7)11(16)13-12-15-14-9(3)17-12/h4-6H,1-3H3,(H,13,15,16). The zero-order valence-corrected chi connectivity index (χ0v) is 9.94. The smallest absolute Gasteiger partial charge is 0.322 e. The first kappa shape index (κ1) is 11.3. The zero-order chi connectivity index (χ0) is 12.4. The molecule has 5 nitrogen and oxygen atoms in total. The highest BCUT2D eigenvalue weighted by Crippen LogP contribution is 2.13. The lowest BCUT2D eigenvalue weighted by Gasteiger charge is -2.05. The van der Waals surface area contributed by atoms with Crippen LogP contribution in [0.1, 0.15) is 27.4 Å². The van der Waals surface area contributed by atoms with E-state index in [0.717, 1.165) is 11.1 Å². The number of aryl methyl sites for hydroxylation is 3. The number of carbonyl (C=O) groups is 1. The fourth-order valence-corrected chi connectivity index (χ4v) is 1.58. The normalized spacial score (nSPS) is 10.3. The van der Waals surface area contributed by atoms with E-state index in [1.807, 2.05) is 26.0 Å². The van der Waals surface area contributed by atoms with E-state index in [9.17, 15) is 4.79 Å². The van der Waals surface area contributed by atoms with Crippen LogP contribution in [0, 0.1) is 20.8 Å². The summed E-state index contributed by atoms with van der Waals surface area (Å²) >= 11 is 0. The maximum Gasteiger partial charge on any atom is 0.322 e. The summed E-state index contributed by atoms with van der Waals surface area (Å²) in [5, 5.41) is 9.91. The number of rotatable bonds is 2. The number of hydrogen-bond acceptors (Lipinski definition) is 4. The number of hydrogen-bond donors (Lipinski definition) is 1. The Hall–Kier alpha value is -2.17. The number of aromatic nitrogens is 2. The largest absolute Gasteiger partial charge is 0.408 e. The van der Waals surface area contributed by atoms with E-state index < -0.39 is 0 Å². The van der Waals surface area contributed by atoms with Gasteiger partial charge in [-0.25, -0.2) is 0 Å². The summed E-state index contributed by atoms with van der Waals surface area (Å²) < 4.78 is 5.09. The first-order chi connectivity index (χ1) is 8.06. The molecule has 1 heterocycles. The van der Waals surface area contributed by atoms with Gasteiger partial charge in [0, 0.05) is 12.5 Å². The van der Waals surface area contributed by atoms with Gasteiger partial charge in [0.1, 0.15) is 0 Å². The molecule has 0 fully saturated rings. The molecule has 0 bridgehead atoms. The summed E-state index contributed by atoms with van der Waals surface area (Å²) in [6.07, 6.45) is 0. The molecule has 0 unspecified atom stereocenters. The van der Waals surface area contributed by atoms with Gasteiger partial charge in [-0.05, 0) is 25.5 Å². The highest BCUT2D eigenvalue weighted by atomic mass is 16.4. The van der Waals surface area contributed by atoms with Crippen LogP contribution in [0.2, 0.25) is 0 Å². The number of carbonyl (C=O) groups excluding carboxylic acids is 1. The van der Waals surface area contributed by atoms with Crippen molar-refractivity contribution in [3.8, 4) is 0 Å². The van der Waals surface area contributed by atoms with Crippen LogP contribution in [0.15, 0.2) is 22.6 Å². The number of anilines is 1. The van der Waals surface area contributed by atoms with E-state index in [-0.39, 0.29) is 11.9 Å². The lowest BCUT2D eigenvalue weighted by atomic mass is 10.1. The van der Waals surface area contributed by atoms with Gasteiger partial charge in [-0.15, -0.1) is 5.10 Å². The maximum atomic E-state index is 11.9. The van der Waals surface area contributed by atoms with Gasteiger partial charge in [-0.2, -0.15) is 0 Å². The Bertz CT molecular complexity index is 561. The average molecular weight is 231 g/mol. The number of nitrogens with zero attached hydrogens (tertiary/aromatic N) is 2. The van der Waals surface area contributed by atoms with Gasteiger partial charge in [0.2, 0.25) is 5.89 Å². The first-order valence-electron chi connectivity index (χ1n) is 5.25. The molecule has 1 N–H and O–H groups in total. The van der Waals surface area contributed by atoms with Crippen molar-refractivity contribution in [3.05, 3.63) is 40.8 Å². The van der Waals surface area contributed by atoms with Crippen molar-refractivity contribution in [3.63, 3.8) is 0 Å². The Morgan fingerprint density at radius 1 is 1.24 bits per heavy atom. The SMILES string of the molecule is Cc1ccc(C(=O)Nc2nnc(C)o2)c(C)c1. The van der Waals surface area contributed by atoms with Crippen LogP contribution in [0.3, 0.4) is 0 Å². The minimum absolute atomic E-state index is 0.118. The molecule has 0 aliphatic heterocycles. The zero-order valence-electron chi connectivity index (χ0n) is 9.94. The van der Waals surface area contributed by atoms with Crippen molar-refractivity contribution in [2.45, 2.75) is 20.8 Å². The van der Waals surface area contributed by atoms with Crippen LogP contribution >= 0.6 is 0 Å². The second-order valence-electron chi connectivity index (χ2n) is 3.90. The summed E-state index contributed by atoms with van der Waals surface area (Å²) in [6, 6.07) is 5.74. The summed E-state index contributed by atoms with van der Waals surface area (Å²) in [5.41, 5.74) is 2.64. The molecule has 1 aromatic carbocycles. The molecule has 0 aliphatic rings. The molecule has 0 spiro atoms. The van der Waals surface area contributed by atoms with Gasteiger partial charge in [0.05, 0.1) is 0 Å². The fraction of sp³-hybridized carbons (Fsp3) is 0.250. The minimum atomic E-state index is -0.244. The number of amides is 1. The quantitative estimate of drug-likeness (QED) is 0.860. The average Bonchev–Trinajstić information content (AvgIpc) is 2.63. The highest BCUT2D eigenvalue weighted by Gasteiger charge is 2.12. The lowest BCUT2D eigenvalue weighted by Crippen LogP contribution is -2.13. The number of benzene rings is 1. The van der Waals surface area contributed by atoms with Crippen molar-refractivity contribution in [2.75, 3.05) is 5.32 Å². The topological polar surface area (TPSA) is 68.0 Å². The molecule has 2 aromatic rings. The van der Waals surface area contributed by atoms with E-state index in [4.69, 9.17) is 4.42 Å². The van der Waals surface area contributed by atoms with Gasteiger partial charge < -0.3 is 4.42 Å². The molecule has 2 rings (SSSR count). The Balaban J connectivity index is 2.20. The van der Waals surface area contributed by atoms with E-state index in [1.54, 1.807) is 13.0 Å². The Morgan fingerprint density at radius 2 is 2.00 bits per heavy atom. The number of nitrogens with one attached hydrogen (secondary N) is 1. The molecule has 17 heavy (non-hydrogen) atoms. The van der Waals surface area contributed by atoms with E-state index in [2.05, 4.69) is 15.5 Å². The van der Waals surface area contributed by atoms with E-state index in [0.29, 0.717) is 11.5 Å². The maximum absolute atomic E-state index is 11.9. The van der Waals surface area contributed by atoms with Crippen molar-refractivity contribution >= 4 is 11.9 Å². The predicted molar refractivity (Wildman–Crippen MR) is 62.9 cm³/mol. The van der Waals surface area contributed by atoms with Gasteiger partial charge >= 0.3 is 6.01 Å². The predicted octanol–water partition coefficient (Wildman–Crippen LogP) is 2.25. The molecule has 5 heteroatoms. The van der Waals surface area contributed by atoms with Gasteiger partial charge in [0.15, 0.2) is 0 Å². The molecule has 0 atom stereocenters. The van der Waals surface area contributed by atoms with Crippen LogP contribution in [0.5, 0.6) is 0 Å². The first-order valence-corrected chi connectivity index (χ1v) is 5.25. The highest BCUT2D eigenvalue weighted by molar-refractivity contribution is 6.04. The Labute approximate surface area is 98.9 Å². The lowest BCUT2D eigenvalue weighted by molar-refractivity contribution is 0.102. The summed E-state index contributed by atoms with van der Waals surface area (Å²) in [4.78, 5) is 11.9. The Morgan fingerprint density at radius 3 is 2.59 bits per heavy atom. The van der Waals surface area contributed by atoms with Gasteiger partial charge in [-0.3, -0.25) is 10.1 Å². The van der Waals surface area contributed by atoms with Crippen LogP contribution in [-0.4, -0.2) is 16.1 Å². The van der Waals surface area contributed by atoms with Crippen LogP contribution in [0.4, 0.5) is 6.01 Å². The fourth-order valence-electron chi connectivity index (χ4n) is 1.58. The van der Waals surface area contributed by atoms with Crippen molar-refractivity contribution in [1.82, 2.24) is 10.2 Å². The second-order valence-corrected chi connectivity index (χ2v) is 3.90. The van der Waals surface area contributed by atoms with Crippen LogP contribution < -0.4 is 5.32 Å². The molecule has 0 aliphatic carbocycles. The van der Waals surface area contributed by atoms with Crippen molar-refractivity contribution < 1.29 is 9.21 Å². The monoisotopic (exact) mass is 231 g/mol. The third-order valence-corrected chi connectivity index (χ3v) is 2.37. The van der Waals surface area contributed by atoms with Gasteiger partial charge in [0.25, 0.3) is 5.91 Å². The molecule has 0 saturated heterocycles. The van der Waals surface area contributed by atoms with Crippen molar-refractivity contribution in [2.24, 2.45) is 0 Å². The third-order valence-electron chi connectivity index (χ3n) is 2.37. The third kappa shape index (κ3) is 2.50. The van der Waals surface area contributed by atoms with E-state index in [1.165, 1.54) is 0 Å². The van der Waals surface area contributed by atoms with E-state index >= 15 is 0 Å². The minimum Gasteiger partial charge on any atom is -0.408 e. The van der Waals surface area contributed by atoms with Crippen LogP contribution in [-0.2, 0) is 0 Å². The molecule has 88 valence electrons. The second kappa shape index (κ2) is 4.37. The molecular formula is C12H13N3O2. The Kier molecular flexibility index (Phi) is 2.91. The molecular weight excluding hydrogens is 218 g/mol. The summed E-state index contributed by atoms with van der Waals surface area (Å²) in [5.74, 6) is 0.173. The van der Waals surface area contributed by atoms with Crippen LogP contribution in [0.25, 0.3) is 0 Å². The molecule has 0 radical (unpaired) electrons. The molecule has 1 aromatic heterocycles. The summed E-state index contributed by atoms with van der Waals surface area (Å²) in [6.45, 7) is 5.54. The molecule has 1 amide bonds. The van der Waals surface area contributed by atoms with Gasteiger partial charge in [-0.1, -0.05) is 22.8 Å².